The number of amidine groups is 1. The molecule has 8 nitrogen and oxygen atoms in total. The summed E-state index contributed by atoms with van der Waals surface area (Å²) in [6.07, 6.45) is 16.9. The average molecular weight is 719 g/mol. The fourth-order valence-corrected chi connectivity index (χ4v) is 12.8. The van der Waals surface area contributed by atoms with Crippen molar-refractivity contribution in [2.45, 2.75) is 143 Å². The molecule has 10 heteroatoms. The quantitative estimate of drug-likeness (QED) is 0.0484. The number of hydrogen-bond acceptors (Lipinski definition) is 8. The summed E-state index contributed by atoms with van der Waals surface area (Å²) < 4.78 is 5.91. The number of ether oxygens (including phenoxy) is 1. The van der Waals surface area contributed by atoms with Gasteiger partial charge in [-0.3, -0.25) is 9.79 Å². The SMILES string of the molecule is CC(=O)C(CC(=O)[O-])SSCCCC(N)=NCCNC(=O)OC1CCC2(C)C(=CCC3C2CCC2(C)C(C(C)CCCC(C)C)CCC32)C1. The van der Waals surface area contributed by atoms with Crippen molar-refractivity contribution in [1.29, 1.82) is 0 Å². The molecule has 0 aromatic heterocycles. The molecule has 9 atom stereocenters. The smallest absolute Gasteiger partial charge is 0.407 e. The number of nitrogens with one attached hydrogen (secondary N) is 1. The number of rotatable bonds is 18. The van der Waals surface area contributed by atoms with E-state index in [1.165, 1.54) is 85.5 Å². The Morgan fingerprint density at radius 1 is 1.08 bits per heavy atom. The van der Waals surface area contributed by atoms with Gasteiger partial charge in [-0.05, 0) is 105 Å². The van der Waals surface area contributed by atoms with Gasteiger partial charge in [-0.1, -0.05) is 87.1 Å². The monoisotopic (exact) mass is 718 g/mol. The molecule has 9 unspecified atom stereocenters. The number of alkyl carbamates (subject to hydrolysis) is 1. The molecule has 0 saturated heterocycles. The van der Waals surface area contributed by atoms with Gasteiger partial charge in [0.15, 0.2) is 0 Å². The zero-order chi connectivity index (χ0) is 35.8. The molecule has 0 radical (unpaired) electrons. The highest BCUT2D eigenvalue weighted by molar-refractivity contribution is 8.77. The van der Waals surface area contributed by atoms with Crippen molar-refractivity contribution in [3.8, 4) is 0 Å². The topological polar surface area (TPSA) is 134 Å². The predicted octanol–water partition coefficient (Wildman–Crippen LogP) is 7.74. The number of ketones is 1. The fraction of sp³-hybridized carbons (Fsp3) is 0.846. The first-order valence-electron chi connectivity index (χ1n) is 19.2. The van der Waals surface area contributed by atoms with E-state index in [1.807, 2.05) is 0 Å². The minimum absolute atomic E-state index is 0.0782. The Bertz CT molecular complexity index is 1210. The molecule has 278 valence electrons. The van der Waals surface area contributed by atoms with Crippen molar-refractivity contribution in [3.05, 3.63) is 11.6 Å². The van der Waals surface area contributed by atoms with Crippen LogP contribution < -0.4 is 16.2 Å². The summed E-state index contributed by atoms with van der Waals surface area (Å²) in [7, 11) is 2.72. The van der Waals surface area contributed by atoms with Crippen LogP contribution in [0.25, 0.3) is 0 Å². The summed E-state index contributed by atoms with van der Waals surface area (Å²) in [5.41, 5.74) is 8.30. The summed E-state index contributed by atoms with van der Waals surface area (Å²) in [5.74, 6) is 4.77. The highest BCUT2D eigenvalue weighted by Crippen LogP contribution is 2.67. The average Bonchev–Trinajstić information content (AvgIpc) is 3.39. The van der Waals surface area contributed by atoms with Crippen molar-refractivity contribution in [1.82, 2.24) is 5.32 Å². The molecule has 4 aliphatic rings. The molecule has 3 saturated carbocycles. The van der Waals surface area contributed by atoms with Crippen LogP contribution in [0.15, 0.2) is 16.6 Å². The van der Waals surface area contributed by atoms with Crippen molar-refractivity contribution in [3.63, 3.8) is 0 Å². The number of carbonyl (C=O) groups is 3. The first kappa shape index (κ1) is 40.1. The first-order valence-corrected chi connectivity index (χ1v) is 21.5. The third-order valence-corrected chi connectivity index (χ3v) is 15.8. The van der Waals surface area contributed by atoms with Crippen molar-refractivity contribution in [2.75, 3.05) is 18.8 Å². The third-order valence-electron chi connectivity index (χ3n) is 12.9. The lowest BCUT2D eigenvalue weighted by Crippen LogP contribution is -2.51. The number of Topliss-reactive ketones (excluding diaryl/α,β-unsaturated/α-hetero) is 1. The molecule has 0 bridgehead atoms. The predicted molar refractivity (Wildman–Crippen MR) is 201 cm³/mol. The normalized spacial score (nSPS) is 32.3. The summed E-state index contributed by atoms with van der Waals surface area (Å²) in [5, 5.41) is 13.1. The third kappa shape index (κ3) is 10.4. The van der Waals surface area contributed by atoms with Gasteiger partial charge in [0.1, 0.15) is 11.9 Å². The highest BCUT2D eigenvalue weighted by Gasteiger charge is 2.59. The van der Waals surface area contributed by atoms with E-state index in [1.54, 1.807) is 0 Å². The van der Waals surface area contributed by atoms with Gasteiger partial charge in [-0.15, -0.1) is 0 Å². The van der Waals surface area contributed by atoms with E-state index in [2.05, 4.69) is 51.0 Å². The van der Waals surface area contributed by atoms with Crippen LogP contribution in [0.4, 0.5) is 4.79 Å². The second-order valence-corrected chi connectivity index (χ2v) is 19.2. The van der Waals surface area contributed by atoms with E-state index >= 15 is 0 Å². The number of carboxylic acid groups (broad SMARTS) is 1. The molecule has 4 rings (SSSR count). The van der Waals surface area contributed by atoms with Gasteiger partial charge in [0.2, 0.25) is 0 Å². The van der Waals surface area contributed by atoms with Crippen molar-refractivity contribution >= 4 is 45.3 Å². The van der Waals surface area contributed by atoms with Crippen molar-refractivity contribution in [2.24, 2.45) is 57.1 Å². The van der Waals surface area contributed by atoms with Crippen LogP contribution in [0.1, 0.15) is 131 Å². The maximum Gasteiger partial charge on any atom is 0.407 e. The van der Waals surface area contributed by atoms with E-state index in [-0.39, 0.29) is 29.8 Å². The summed E-state index contributed by atoms with van der Waals surface area (Å²) >= 11 is 0. The molecule has 0 aromatic rings. The number of allylic oxidation sites excluding steroid dienone is 1. The van der Waals surface area contributed by atoms with Crippen LogP contribution in [0.3, 0.4) is 0 Å². The van der Waals surface area contributed by atoms with E-state index in [9.17, 15) is 19.5 Å². The second kappa shape index (κ2) is 18.2. The molecule has 4 aliphatic carbocycles. The number of nitrogens with zero attached hydrogens (tertiary/aromatic N) is 1. The molecule has 49 heavy (non-hydrogen) atoms. The molecule has 0 aliphatic heterocycles. The number of carbonyl (C=O) groups excluding carboxylic acids is 3. The number of fused-ring (bicyclic) bond motifs is 5. The van der Waals surface area contributed by atoms with Gasteiger partial charge >= 0.3 is 6.09 Å². The molecule has 1 amide bonds. The lowest BCUT2D eigenvalue weighted by Gasteiger charge is -2.58. The summed E-state index contributed by atoms with van der Waals surface area (Å²) in [4.78, 5) is 39.4. The minimum Gasteiger partial charge on any atom is -0.550 e. The Balaban J connectivity index is 1.17. The molecule has 0 aromatic carbocycles. The largest absolute Gasteiger partial charge is 0.550 e. The van der Waals surface area contributed by atoms with Crippen LogP contribution in [-0.4, -0.2) is 53.9 Å². The Morgan fingerprint density at radius 3 is 2.57 bits per heavy atom. The van der Waals surface area contributed by atoms with Crippen LogP contribution >= 0.6 is 21.6 Å². The maximum absolute atomic E-state index is 12.7. The zero-order valence-electron chi connectivity index (χ0n) is 31.1. The lowest BCUT2D eigenvalue weighted by molar-refractivity contribution is -0.305. The molecular formula is C39H64N3O5S2-. The molecule has 0 heterocycles. The number of hydrogen-bond donors (Lipinski definition) is 2. The minimum atomic E-state index is -1.22. The highest BCUT2D eigenvalue weighted by atomic mass is 33.1. The Kier molecular flexibility index (Phi) is 14.9. The number of nitrogens with two attached hydrogens (primary N) is 1. The maximum atomic E-state index is 12.7. The number of aliphatic carboxylic acids is 1. The molecule has 3 fully saturated rings. The number of aliphatic imine (C=N–C) groups is 1. The van der Waals surface area contributed by atoms with Gasteiger partial charge in [0.25, 0.3) is 0 Å². The lowest BCUT2D eigenvalue weighted by atomic mass is 9.47. The van der Waals surface area contributed by atoms with Crippen LogP contribution in [0.2, 0.25) is 0 Å². The fourth-order valence-electron chi connectivity index (χ4n) is 10.2. The Hall–Kier alpha value is -1.68. The van der Waals surface area contributed by atoms with Gasteiger partial charge in [-0.25, -0.2) is 4.79 Å². The van der Waals surface area contributed by atoms with E-state index in [4.69, 9.17) is 10.5 Å². The van der Waals surface area contributed by atoms with Gasteiger partial charge in [0.05, 0.1) is 17.6 Å². The van der Waals surface area contributed by atoms with Crippen LogP contribution in [0.5, 0.6) is 0 Å². The van der Waals surface area contributed by atoms with Gasteiger partial charge < -0.3 is 25.7 Å². The molecule has 0 spiro atoms. The molecule has 3 N–H and O–H groups in total. The van der Waals surface area contributed by atoms with Gasteiger partial charge in [-0.2, -0.15) is 0 Å². The number of carboxylic acids is 1. The zero-order valence-corrected chi connectivity index (χ0v) is 32.7. The second-order valence-electron chi connectivity index (χ2n) is 16.6. The summed E-state index contributed by atoms with van der Waals surface area (Å²) in [6.45, 7) is 14.6. The summed E-state index contributed by atoms with van der Waals surface area (Å²) in [6, 6.07) is 0. The van der Waals surface area contributed by atoms with Crippen LogP contribution in [0, 0.1) is 46.3 Å². The van der Waals surface area contributed by atoms with Gasteiger partial charge in [0, 0.05) is 37.5 Å². The van der Waals surface area contributed by atoms with Crippen molar-refractivity contribution < 1.29 is 24.2 Å². The first-order chi connectivity index (χ1) is 23.2. The Morgan fingerprint density at radius 2 is 1.86 bits per heavy atom. The van der Waals surface area contributed by atoms with E-state index in [0.29, 0.717) is 30.8 Å². The Labute approximate surface area is 304 Å². The van der Waals surface area contributed by atoms with Crippen LogP contribution in [-0.2, 0) is 14.3 Å². The molecular weight excluding hydrogens is 655 g/mol. The van der Waals surface area contributed by atoms with E-state index < -0.39 is 11.2 Å². The standard InChI is InChI=1S/C39H65N3O5S2/c1-25(2)9-7-10-26(3)31-14-15-32-30-13-12-28-23-29(16-18-38(28,5)33(30)17-19-39(31,32)6)47-37(46)42-21-20-41-35(40)11-8-22-48-49-34(27(4)43)24-36(44)45/h12,25-26,29-34H,7-11,13-24H2,1-6H3,(H2,40,41)(H,42,46)(H,44,45)/p-1. The number of amides is 1. The van der Waals surface area contributed by atoms with E-state index in [0.717, 1.165) is 66.9 Å².